The van der Waals surface area contributed by atoms with E-state index in [2.05, 4.69) is 10.6 Å². The number of amides is 1. The topological polar surface area (TPSA) is 41.1 Å². The Morgan fingerprint density at radius 3 is 2.28 bits per heavy atom. The second-order valence-electron chi connectivity index (χ2n) is 6.74. The Morgan fingerprint density at radius 2 is 1.72 bits per heavy atom. The van der Waals surface area contributed by atoms with Gasteiger partial charge in [-0.25, -0.2) is 0 Å². The van der Waals surface area contributed by atoms with Crippen molar-refractivity contribution in [2.45, 2.75) is 44.2 Å². The van der Waals surface area contributed by atoms with Gasteiger partial charge in [-0.05, 0) is 55.8 Å². The van der Waals surface area contributed by atoms with E-state index in [-0.39, 0.29) is 11.9 Å². The Bertz CT molecular complexity index is 326. The summed E-state index contributed by atoms with van der Waals surface area (Å²) >= 11 is 1.83. The Kier molecular flexibility index (Phi) is 2.84. The van der Waals surface area contributed by atoms with Crippen LogP contribution in [0.5, 0.6) is 0 Å². The summed E-state index contributed by atoms with van der Waals surface area (Å²) in [6, 6.07) is 0.560. The van der Waals surface area contributed by atoms with E-state index in [0.717, 1.165) is 35.3 Å². The molecule has 5 fully saturated rings. The van der Waals surface area contributed by atoms with Crippen LogP contribution in [0.25, 0.3) is 0 Å². The van der Waals surface area contributed by atoms with Crippen molar-refractivity contribution in [2.24, 2.45) is 23.7 Å². The fourth-order valence-corrected chi connectivity index (χ4v) is 5.93. The third-order valence-corrected chi connectivity index (χ3v) is 6.51. The molecule has 0 aromatic carbocycles. The molecule has 2 N–H and O–H groups in total. The van der Waals surface area contributed by atoms with E-state index in [4.69, 9.17) is 0 Å². The predicted molar refractivity (Wildman–Crippen MR) is 73.2 cm³/mol. The zero-order chi connectivity index (χ0) is 12.1. The highest BCUT2D eigenvalue weighted by molar-refractivity contribution is 7.99. The lowest BCUT2D eigenvalue weighted by Crippen LogP contribution is -2.58. The first-order valence-corrected chi connectivity index (χ1v) is 8.56. The molecule has 4 saturated carbocycles. The van der Waals surface area contributed by atoms with E-state index < -0.39 is 0 Å². The van der Waals surface area contributed by atoms with Gasteiger partial charge in [0.05, 0.1) is 6.04 Å². The molecule has 0 spiro atoms. The number of hydrogen-bond donors (Lipinski definition) is 2. The number of thioether (sulfide) groups is 1. The quantitative estimate of drug-likeness (QED) is 0.797. The van der Waals surface area contributed by atoms with Crippen LogP contribution >= 0.6 is 11.8 Å². The average Bonchev–Trinajstić information content (AvgIpc) is 2.86. The van der Waals surface area contributed by atoms with Crippen LogP contribution in [0.4, 0.5) is 0 Å². The number of carbonyl (C=O) groups is 1. The maximum atomic E-state index is 12.3. The first-order chi connectivity index (χ1) is 8.79. The molecule has 1 saturated heterocycles. The lowest BCUT2D eigenvalue weighted by atomic mass is 9.54. The molecule has 1 unspecified atom stereocenters. The van der Waals surface area contributed by atoms with E-state index in [1.807, 2.05) is 11.8 Å². The lowest BCUT2D eigenvalue weighted by Gasteiger charge is -2.54. The Hall–Kier alpha value is -0.220. The summed E-state index contributed by atoms with van der Waals surface area (Å²) < 4.78 is 0. The fraction of sp³-hybridized carbons (Fsp3) is 0.929. The van der Waals surface area contributed by atoms with Gasteiger partial charge in [0.25, 0.3) is 0 Å². The molecular formula is C14H22N2OS. The standard InChI is InChI=1S/C14H22N2OS/c17-14(12-6-18-7-15-12)16-13-10-2-8-1-9(4-10)5-11(13)3-8/h8-13,15H,1-7H2,(H,16,17). The van der Waals surface area contributed by atoms with E-state index in [0.29, 0.717) is 6.04 Å². The van der Waals surface area contributed by atoms with Gasteiger partial charge in [-0.2, -0.15) is 0 Å². The maximum Gasteiger partial charge on any atom is 0.238 e. The number of carbonyl (C=O) groups excluding carboxylic acids is 1. The second kappa shape index (κ2) is 4.41. The molecule has 1 aliphatic heterocycles. The monoisotopic (exact) mass is 266 g/mol. The summed E-state index contributed by atoms with van der Waals surface area (Å²) in [5.74, 6) is 5.69. The zero-order valence-electron chi connectivity index (χ0n) is 10.7. The molecule has 18 heavy (non-hydrogen) atoms. The average molecular weight is 266 g/mol. The number of nitrogens with one attached hydrogen (secondary N) is 2. The Balaban J connectivity index is 1.44. The summed E-state index contributed by atoms with van der Waals surface area (Å²) in [7, 11) is 0. The summed E-state index contributed by atoms with van der Waals surface area (Å²) in [6.45, 7) is 0. The largest absolute Gasteiger partial charge is 0.351 e. The van der Waals surface area contributed by atoms with Gasteiger partial charge in [-0.3, -0.25) is 10.1 Å². The Labute approximate surface area is 113 Å². The molecule has 1 heterocycles. The summed E-state index contributed by atoms with van der Waals surface area (Å²) in [6.07, 6.45) is 7.00. The fourth-order valence-electron chi connectivity index (χ4n) is 4.99. The van der Waals surface area contributed by atoms with Gasteiger partial charge in [-0.15, -0.1) is 11.8 Å². The van der Waals surface area contributed by atoms with Gasteiger partial charge in [0.2, 0.25) is 5.91 Å². The zero-order valence-corrected chi connectivity index (χ0v) is 11.5. The molecule has 0 aromatic heterocycles. The van der Waals surface area contributed by atoms with Crippen molar-refractivity contribution < 1.29 is 4.79 Å². The first kappa shape index (κ1) is 11.6. The van der Waals surface area contributed by atoms with Gasteiger partial charge >= 0.3 is 0 Å². The first-order valence-electron chi connectivity index (χ1n) is 7.41. The molecule has 5 aliphatic rings. The minimum Gasteiger partial charge on any atom is -0.351 e. The van der Waals surface area contributed by atoms with E-state index in [1.165, 1.54) is 32.1 Å². The molecular weight excluding hydrogens is 244 g/mol. The minimum absolute atomic E-state index is 0.0622. The molecule has 4 heteroatoms. The molecule has 5 rings (SSSR count). The van der Waals surface area contributed by atoms with Crippen molar-refractivity contribution in [2.75, 3.05) is 11.6 Å². The van der Waals surface area contributed by atoms with Crippen LogP contribution < -0.4 is 10.6 Å². The predicted octanol–water partition coefficient (Wildman–Crippen LogP) is 1.59. The van der Waals surface area contributed by atoms with Gasteiger partial charge in [-0.1, -0.05) is 0 Å². The van der Waals surface area contributed by atoms with Crippen LogP contribution in [0.3, 0.4) is 0 Å². The smallest absolute Gasteiger partial charge is 0.238 e. The van der Waals surface area contributed by atoms with Crippen molar-refractivity contribution in [3.8, 4) is 0 Å². The summed E-state index contributed by atoms with van der Waals surface area (Å²) in [5.41, 5.74) is 0. The molecule has 1 amide bonds. The lowest BCUT2D eigenvalue weighted by molar-refractivity contribution is -0.126. The molecule has 0 radical (unpaired) electrons. The van der Waals surface area contributed by atoms with Crippen molar-refractivity contribution >= 4 is 17.7 Å². The molecule has 4 aliphatic carbocycles. The highest BCUT2D eigenvalue weighted by Crippen LogP contribution is 2.53. The number of rotatable bonds is 2. The van der Waals surface area contributed by atoms with Crippen LogP contribution in [0.2, 0.25) is 0 Å². The molecule has 0 aromatic rings. The summed E-state index contributed by atoms with van der Waals surface area (Å²) in [4.78, 5) is 12.3. The van der Waals surface area contributed by atoms with Crippen LogP contribution in [0.15, 0.2) is 0 Å². The van der Waals surface area contributed by atoms with E-state index in [9.17, 15) is 4.79 Å². The van der Waals surface area contributed by atoms with Crippen molar-refractivity contribution in [3.05, 3.63) is 0 Å². The van der Waals surface area contributed by atoms with E-state index in [1.54, 1.807) is 0 Å². The van der Waals surface area contributed by atoms with Crippen molar-refractivity contribution in [1.82, 2.24) is 10.6 Å². The molecule has 3 nitrogen and oxygen atoms in total. The Morgan fingerprint density at radius 1 is 1.06 bits per heavy atom. The highest BCUT2D eigenvalue weighted by Gasteiger charge is 2.48. The van der Waals surface area contributed by atoms with Crippen molar-refractivity contribution in [1.29, 1.82) is 0 Å². The SMILES string of the molecule is O=C(NC1C2CC3CC(C2)CC1C3)C1CSCN1. The van der Waals surface area contributed by atoms with E-state index >= 15 is 0 Å². The summed E-state index contributed by atoms with van der Waals surface area (Å²) in [5, 5.41) is 6.67. The van der Waals surface area contributed by atoms with Crippen LogP contribution in [0, 0.1) is 23.7 Å². The molecule has 1 atom stereocenters. The van der Waals surface area contributed by atoms with Gasteiger partial charge in [0.15, 0.2) is 0 Å². The van der Waals surface area contributed by atoms with Gasteiger partial charge in [0, 0.05) is 17.7 Å². The third kappa shape index (κ3) is 1.88. The second-order valence-corrected chi connectivity index (χ2v) is 7.77. The normalized spacial score (nSPS) is 49.6. The van der Waals surface area contributed by atoms with Gasteiger partial charge in [0.1, 0.15) is 0 Å². The van der Waals surface area contributed by atoms with Crippen molar-refractivity contribution in [3.63, 3.8) is 0 Å². The number of hydrogen-bond acceptors (Lipinski definition) is 3. The highest BCUT2D eigenvalue weighted by atomic mass is 32.2. The van der Waals surface area contributed by atoms with Crippen LogP contribution in [-0.4, -0.2) is 29.6 Å². The molecule has 4 bridgehead atoms. The third-order valence-electron chi connectivity index (χ3n) is 5.57. The maximum absolute atomic E-state index is 12.3. The van der Waals surface area contributed by atoms with Crippen LogP contribution in [0.1, 0.15) is 32.1 Å². The molecule has 100 valence electrons. The van der Waals surface area contributed by atoms with Gasteiger partial charge < -0.3 is 5.32 Å². The minimum atomic E-state index is 0.0622. The van der Waals surface area contributed by atoms with Crippen LogP contribution in [-0.2, 0) is 4.79 Å².